The smallest absolute Gasteiger partial charge is 0.487 e. The minimum absolute atomic E-state index is 0.144. The Morgan fingerprint density at radius 2 is 2.10 bits per heavy atom. The maximum Gasteiger partial charge on any atom is 0.573 e. The van der Waals surface area contributed by atoms with Crippen LogP contribution in [0.3, 0.4) is 0 Å². The minimum atomic E-state index is -4.73. The fourth-order valence-electron chi connectivity index (χ4n) is 1.33. The Hall–Kier alpha value is -1.48. The predicted octanol–water partition coefficient (Wildman–Crippen LogP) is 3.97. The Bertz CT molecular complexity index is 604. The standard InChI is InChI=1S/C11H8BrF3N2O2S/c12-8-3-7(1-2-9(8)19-11(13,14)15)18-4-6-5-20-10(16)17-6/h1-3,5H,4H2,(H2,16,17). The number of aromatic nitrogens is 1. The molecule has 0 unspecified atom stereocenters. The molecule has 9 heteroatoms. The molecule has 0 bridgehead atoms. The van der Waals surface area contributed by atoms with Gasteiger partial charge in [-0.3, -0.25) is 0 Å². The van der Waals surface area contributed by atoms with Crippen molar-refractivity contribution >= 4 is 32.4 Å². The van der Waals surface area contributed by atoms with Crippen LogP contribution in [-0.2, 0) is 6.61 Å². The maximum absolute atomic E-state index is 12.1. The van der Waals surface area contributed by atoms with Crippen LogP contribution in [0, 0.1) is 0 Å². The molecule has 4 nitrogen and oxygen atoms in total. The fraction of sp³-hybridized carbons (Fsp3) is 0.182. The Kier molecular flexibility index (Phi) is 4.39. The second kappa shape index (κ2) is 5.88. The maximum atomic E-state index is 12.1. The van der Waals surface area contributed by atoms with Gasteiger partial charge in [0.2, 0.25) is 0 Å². The molecule has 20 heavy (non-hydrogen) atoms. The summed E-state index contributed by atoms with van der Waals surface area (Å²) in [4.78, 5) is 4.00. The summed E-state index contributed by atoms with van der Waals surface area (Å²) in [6, 6.07) is 3.93. The zero-order chi connectivity index (χ0) is 14.8. The molecule has 2 N–H and O–H groups in total. The summed E-state index contributed by atoms with van der Waals surface area (Å²) in [5.41, 5.74) is 6.12. The minimum Gasteiger partial charge on any atom is -0.487 e. The number of alkyl halides is 3. The predicted molar refractivity (Wildman–Crippen MR) is 71.7 cm³/mol. The van der Waals surface area contributed by atoms with E-state index in [1.807, 2.05) is 0 Å². The van der Waals surface area contributed by atoms with Crippen molar-refractivity contribution in [3.05, 3.63) is 33.7 Å². The lowest BCUT2D eigenvalue weighted by Crippen LogP contribution is -2.17. The highest BCUT2D eigenvalue weighted by Crippen LogP contribution is 2.33. The fourth-order valence-corrected chi connectivity index (χ4v) is 2.31. The Labute approximate surface area is 124 Å². The summed E-state index contributed by atoms with van der Waals surface area (Å²) in [5, 5.41) is 2.17. The number of hydrogen-bond donors (Lipinski definition) is 1. The lowest BCUT2D eigenvalue weighted by atomic mass is 10.3. The van der Waals surface area contributed by atoms with Crippen molar-refractivity contribution in [3.8, 4) is 11.5 Å². The molecule has 0 spiro atoms. The number of thiazole rings is 1. The van der Waals surface area contributed by atoms with E-state index in [1.165, 1.54) is 29.5 Å². The van der Waals surface area contributed by atoms with E-state index in [2.05, 4.69) is 25.7 Å². The number of anilines is 1. The average molecular weight is 369 g/mol. The average Bonchev–Trinajstić information content (AvgIpc) is 2.74. The van der Waals surface area contributed by atoms with E-state index in [9.17, 15) is 13.2 Å². The number of halogens is 4. The van der Waals surface area contributed by atoms with Crippen molar-refractivity contribution in [1.29, 1.82) is 0 Å². The lowest BCUT2D eigenvalue weighted by molar-refractivity contribution is -0.274. The summed E-state index contributed by atoms with van der Waals surface area (Å²) in [7, 11) is 0. The largest absolute Gasteiger partial charge is 0.573 e. The lowest BCUT2D eigenvalue weighted by Gasteiger charge is -2.11. The molecule has 0 aliphatic carbocycles. The molecule has 0 amide bonds. The highest BCUT2D eigenvalue weighted by Gasteiger charge is 2.31. The molecular weight excluding hydrogens is 361 g/mol. The normalized spacial score (nSPS) is 11.4. The molecule has 0 saturated carbocycles. The van der Waals surface area contributed by atoms with Crippen LogP contribution in [-0.4, -0.2) is 11.3 Å². The van der Waals surface area contributed by atoms with Gasteiger partial charge in [0.05, 0.1) is 10.2 Å². The van der Waals surface area contributed by atoms with E-state index in [0.29, 0.717) is 16.6 Å². The molecule has 2 rings (SSSR count). The molecule has 0 fully saturated rings. The first-order valence-electron chi connectivity index (χ1n) is 5.21. The second-order valence-electron chi connectivity index (χ2n) is 3.61. The third-order valence-corrected chi connectivity index (χ3v) is 3.43. The molecule has 2 aromatic rings. The van der Waals surface area contributed by atoms with E-state index in [1.54, 1.807) is 5.38 Å². The van der Waals surface area contributed by atoms with Crippen LogP contribution in [0.15, 0.2) is 28.1 Å². The van der Waals surface area contributed by atoms with E-state index in [-0.39, 0.29) is 16.8 Å². The van der Waals surface area contributed by atoms with Gasteiger partial charge in [-0.1, -0.05) is 0 Å². The molecule has 0 radical (unpaired) electrons. The molecule has 0 aliphatic rings. The van der Waals surface area contributed by atoms with E-state index in [0.717, 1.165) is 0 Å². The van der Waals surface area contributed by atoms with E-state index >= 15 is 0 Å². The number of hydrogen-bond acceptors (Lipinski definition) is 5. The van der Waals surface area contributed by atoms with Gasteiger partial charge >= 0.3 is 6.36 Å². The van der Waals surface area contributed by atoms with Gasteiger partial charge in [-0.15, -0.1) is 24.5 Å². The Morgan fingerprint density at radius 1 is 1.35 bits per heavy atom. The Balaban J connectivity index is 2.01. The van der Waals surface area contributed by atoms with Crippen molar-refractivity contribution in [2.75, 3.05) is 5.73 Å². The first-order valence-corrected chi connectivity index (χ1v) is 6.89. The summed E-state index contributed by atoms with van der Waals surface area (Å²) in [6.45, 7) is 0.180. The molecule has 1 aromatic heterocycles. The summed E-state index contributed by atoms with van der Waals surface area (Å²) >= 11 is 4.28. The number of nitrogens with two attached hydrogens (primary N) is 1. The SMILES string of the molecule is Nc1nc(COc2ccc(OC(F)(F)F)c(Br)c2)cs1. The first-order chi connectivity index (χ1) is 9.33. The van der Waals surface area contributed by atoms with E-state index < -0.39 is 6.36 Å². The molecule has 1 heterocycles. The van der Waals surface area contributed by atoms with Gasteiger partial charge in [0.15, 0.2) is 5.13 Å². The molecular formula is C11H8BrF3N2O2S. The number of nitrogens with zero attached hydrogens (tertiary/aromatic N) is 1. The van der Waals surface area contributed by atoms with Crippen LogP contribution in [0.25, 0.3) is 0 Å². The second-order valence-corrected chi connectivity index (χ2v) is 5.35. The zero-order valence-corrected chi connectivity index (χ0v) is 12.2. The number of rotatable bonds is 4. The molecule has 0 atom stereocenters. The first kappa shape index (κ1) is 14.9. The van der Waals surface area contributed by atoms with Crippen molar-refractivity contribution in [2.45, 2.75) is 13.0 Å². The quantitative estimate of drug-likeness (QED) is 0.886. The summed E-state index contributed by atoms with van der Waals surface area (Å²) in [6.07, 6.45) is -4.73. The summed E-state index contributed by atoms with van der Waals surface area (Å²) < 4.78 is 45.7. The number of ether oxygens (including phenoxy) is 2. The number of benzene rings is 1. The Morgan fingerprint density at radius 3 is 2.65 bits per heavy atom. The van der Waals surface area contributed by atoms with Crippen LogP contribution in [0.2, 0.25) is 0 Å². The van der Waals surface area contributed by atoms with Gasteiger partial charge in [0.1, 0.15) is 18.1 Å². The zero-order valence-electron chi connectivity index (χ0n) is 9.78. The van der Waals surface area contributed by atoms with Crippen LogP contribution in [0.4, 0.5) is 18.3 Å². The third-order valence-electron chi connectivity index (χ3n) is 2.09. The highest BCUT2D eigenvalue weighted by molar-refractivity contribution is 9.10. The van der Waals surface area contributed by atoms with Crippen molar-refractivity contribution in [2.24, 2.45) is 0 Å². The van der Waals surface area contributed by atoms with Gasteiger partial charge in [0.25, 0.3) is 0 Å². The number of nitrogen functional groups attached to an aromatic ring is 1. The monoisotopic (exact) mass is 368 g/mol. The summed E-state index contributed by atoms with van der Waals surface area (Å²) in [5.74, 6) is 0.0562. The topological polar surface area (TPSA) is 57.4 Å². The van der Waals surface area contributed by atoms with Crippen LogP contribution in [0.5, 0.6) is 11.5 Å². The van der Waals surface area contributed by atoms with Gasteiger partial charge in [0, 0.05) is 5.38 Å². The van der Waals surface area contributed by atoms with E-state index in [4.69, 9.17) is 10.5 Å². The third kappa shape index (κ3) is 4.27. The van der Waals surface area contributed by atoms with Gasteiger partial charge < -0.3 is 15.2 Å². The van der Waals surface area contributed by atoms with Crippen LogP contribution >= 0.6 is 27.3 Å². The van der Waals surface area contributed by atoms with Gasteiger partial charge in [-0.05, 0) is 34.1 Å². The van der Waals surface area contributed by atoms with Crippen molar-refractivity contribution < 1.29 is 22.6 Å². The van der Waals surface area contributed by atoms with Crippen molar-refractivity contribution in [1.82, 2.24) is 4.98 Å². The van der Waals surface area contributed by atoms with Crippen LogP contribution < -0.4 is 15.2 Å². The van der Waals surface area contributed by atoms with Gasteiger partial charge in [-0.2, -0.15) is 0 Å². The highest BCUT2D eigenvalue weighted by atomic mass is 79.9. The van der Waals surface area contributed by atoms with Crippen LogP contribution in [0.1, 0.15) is 5.69 Å². The molecule has 0 saturated heterocycles. The molecule has 0 aliphatic heterocycles. The molecule has 1 aromatic carbocycles. The molecule has 108 valence electrons. The van der Waals surface area contributed by atoms with Crippen molar-refractivity contribution in [3.63, 3.8) is 0 Å². The van der Waals surface area contributed by atoms with Gasteiger partial charge in [-0.25, -0.2) is 4.98 Å².